The first kappa shape index (κ1) is 24.2. The van der Waals surface area contributed by atoms with Crippen molar-refractivity contribution in [3.63, 3.8) is 0 Å². The molecule has 7 heteroatoms. The molecule has 2 heterocycles. The highest BCUT2D eigenvalue weighted by Crippen LogP contribution is 2.31. The normalized spacial score (nSPS) is 16.2. The highest BCUT2D eigenvalue weighted by molar-refractivity contribution is 6.01. The lowest BCUT2D eigenvalue weighted by Gasteiger charge is -2.28. The number of benzene rings is 2. The third-order valence-corrected chi connectivity index (χ3v) is 6.05. The Bertz CT molecular complexity index is 1220. The van der Waals surface area contributed by atoms with Gasteiger partial charge < -0.3 is 15.5 Å². The summed E-state index contributed by atoms with van der Waals surface area (Å²) in [5.74, 6) is 2.38. The molecule has 0 saturated heterocycles. The minimum atomic E-state index is -0.618. The van der Waals surface area contributed by atoms with Crippen molar-refractivity contribution in [3.8, 4) is 12.3 Å². The molecule has 0 fully saturated rings. The van der Waals surface area contributed by atoms with Crippen molar-refractivity contribution in [3.05, 3.63) is 71.4 Å². The van der Waals surface area contributed by atoms with Crippen LogP contribution in [0, 0.1) is 12.3 Å². The number of terminal acetylenes is 1. The van der Waals surface area contributed by atoms with E-state index in [1.54, 1.807) is 25.1 Å². The van der Waals surface area contributed by atoms with E-state index in [-0.39, 0.29) is 30.3 Å². The molecular formula is C26H27ClN4O2. The fourth-order valence-corrected chi connectivity index (χ4v) is 4.09. The van der Waals surface area contributed by atoms with Crippen LogP contribution in [0.5, 0.6) is 0 Å². The lowest BCUT2D eigenvalue weighted by Crippen LogP contribution is -2.52. The fraction of sp³-hybridized carbons (Fsp3) is 0.269. The van der Waals surface area contributed by atoms with E-state index in [4.69, 9.17) is 6.42 Å². The van der Waals surface area contributed by atoms with Gasteiger partial charge in [-0.3, -0.25) is 14.6 Å². The molecule has 0 saturated carbocycles. The number of hydrogen-bond donors (Lipinski definition) is 2. The molecule has 1 aliphatic rings. The number of aryl methyl sites for hydroxylation is 1. The molecule has 6 nitrogen and oxygen atoms in total. The average molecular weight is 463 g/mol. The van der Waals surface area contributed by atoms with Crippen molar-refractivity contribution < 1.29 is 9.59 Å². The van der Waals surface area contributed by atoms with Gasteiger partial charge in [-0.1, -0.05) is 42.3 Å². The van der Waals surface area contributed by atoms with Gasteiger partial charge in [0.25, 0.3) is 0 Å². The number of pyridine rings is 1. The van der Waals surface area contributed by atoms with Gasteiger partial charge in [-0.05, 0) is 50.1 Å². The third kappa shape index (κ3) is 4.85. The van der Waals surface area contributed by atoms with E-state index >= 15 is 0 Å². The Morgan fingerprint density at radius 2 is 1.97 bits per heavy atom. The summed E-state index contributed by atoms with van der Waals surface area (Å²) in [5, 5.41) is 6.77. The lowest BCUT2D eigenvalue weighted by molar-refractivity contribution is -0.128. The molecule has 4 rings (SSSR count). The molecule has 1 aliphatic heterocycles. The molecule has 0 spiro atoms. The summed E-state index contributed by atoms with van der Waals surface area (Å²) in [7, 11) is 1.72. The SMILES string of the molecule is C#Cc1cnc2ccccc2c1CN1C(=O)C(NC(=O)C(C)NC)CCc2ccccc21.Cl. The molecule has 1 aromatic heterocycles. The van der Waals surface area contributed by atoms with Crippen LogP contribution in [0.4, 0.5) is 5.69 Å². The lowest BCUT2D eigenvalue weighted by atomic mass is 10.0. The van der Waals surface area contributed by atoms with Crippen molar-refractivity contribution >= 4 is 40.8 Å². The average Bonchev–Trinajstić information content (AvgIpc) is 2.95. The monoisotopic (exact) mass is 462 g/mol. The summed E-state index contributed by atoms with van der Waals surface area (Å²) in [4.78, 5) is 32.5. The van der Waals surface area contributed by atoms with Crippen LogP contribution in [-0.4, -0.2) is 35.9 Å². The number of aromatic nitrogens is 1. The van der Waals surface area contributed by atoms with Crippen LogP contribution >= 0.6 is 12.4 Å². The predicted molar refractivity (Wildman–Crippen MR) is 133 cm³/mol. The molecule has 2 atom stereocenters. The van der Waals surface area contributed by atoms with Crippen molar-refractivity contribution in [1.82, 2.24) is 15.6 Å². The largest absolute Gasteiger partial charge is 0.343 e. The maximum Gasteiger partial charge on any atom is 0.249 e. The zero-order valence-electron chi connectivity index (χ0n) is 18.7. The molecular weight excluding hydrogens is 436 g/mol. The number of nitrogens with one attached hydrogen (secondary N) is 2. The van der Waals surface area contributed by atoms with Crippen molar-refractivity contribution in [1.29, 1.82) is 0 Å². The van der Waals surface area contributed by atoms with Gasteiger partial charge >= 0.3 is 0 Å². The summed E-state index contributed by atoms with van der Waals surface area (Å²) in [6, 6.07) is 14.6. The smallest absolute Gasteiger partial charge is 0.249 e. The summed E-state index contributed by atoms with van der Waals surface area (Å²) in [5.41, 5.74) is 4.27. The topological polar surface area (TPSA) is 74.3 Å². The van der Waals surface area contributed by atoms with Gasteiger partial charge in [-0.15, -0.1) is 18.8 Å². The highest BCUT2D eigenvalue weighted by Gasteiger charge is 2.32. The van der Waals surface area contributed by atoms with Crippen LogP contribution < -0.4 is 15.5 Å². The molecule has 0 bridgehead atoms. The number of fused-ring (bicyclic) bond motifs is 2. The van der Waals surface area contributed by atoms with E-state index in [0.29, 0.717) is 24.9 Å². The molecule has 2 amide bonds. The highest BCUT2D eigenvalue weighted by atomic mass is 35.5. The van der Waals surface area contributed by atoms with Gasteiger partial charge in [0.2, 0.25) is 11.8 Å². The first-order chi connectivity index (χ1) is 15.5. The van der Waals surface area contributed by atoms with Gasteiger partial charge in [-0.25, -0.2) is 0 Å². The van der Waals surface area contributed by atoms with E-state index in [2.05, 4.69) is 21.5 Å². The quantitative estimate of drug-likeness (QED) is 0.571. The molecule has 33 heavy (non-hydrogen) atoms. The zero-order chi connectivity index (χ0) is 22.7. The molecule has 2 unspecified atom stereocenters. The van der Waals surface area contributed by atoms with Crippen LogP contribution in [0.3, 0.4) is 0 Å². The Morgan fingerprint density at radius 1 is 1.24 bits per heavy atom. The number of carbonyl (C=O) groups excluding carboxylic acids is 2. The number of para-hydroxylation sites is 2. The van der Waals surface area contributed by atoms with E-state index in [9.17, 15) is 9.59 Å². The number of carbonyl (C=O) groups is 2. The molecule has 0 aliphatic carbocycles. The minimum absolute atomic E-state index is 0. The predicted octanol–water partition coefficient (Wildman–Crippen LogP) is 3.21. The zero-order valence-corrected chi connectivity index (χ0v) is 19.5. The Balaban J connectivity index is 0.00000306. The van der Waals surface area contributed by atoms with E-state index in [1.165, 1.54) is 0 Å². The summed E-state index contributed by atoms with van der Waals surface area (Å²) < 4.78 is 0. The van der Waals surface area contributed by atoms with Crippen LogP contribution in [0.25, 0.3) is 10.9 Å². The number of rotatable bonds is 5. The molecule has 3 aromatic rings. The van der Waals surface area contributed by atoms with E-state index in [0.717, 1.165) is 27.7 Å². The maximum absolute atomic E-state index is 13.7. The van der Waals surface area contributed by atoms with Crippen molar-refractivity contribution in [2.24, 2.45) is 0 Å². The van der Waals surface area contributed by atoms with Gasteiger partial charge in [-0.2, -0.15) is 0 Å². The minimum Gasteiger partial charge on any atom is -0.343 e. The Kier molecular flexibility index (Phi) is 7.70. The van der Waals surface area contributed by atoms with Crippen LogP contribution in [-0.2, 0) is 22.6 Å². The van der Waals surface area contributed by atoms with Crippen molar-refractivity contribution in [2.45, 2.75) is 38.4 Å². The second kappa shape index (κ2) is 10.5. The summed E-state index contributed by atoms with van der Waals surface area (Å²) in [6.45, 7) is 2.07. The van der Waals surface area contributed by atoms with Gasteiger partial charge in [0.15, 0.2) is 0 Å². The summed E-state index contributed by atoms with van der Waals surface area (Å²) >= 11 is 0. The molecule has 2 N–H and O–H groups in total. The maximum atomic E-state index is 13.7. The standard InChI is InChI=1S/C26H26N4O2.ClH/c1-4-18-15-28-22-11-7-6-10-20(22)21(18)16-30-24-12-8-5-9-19(24)13-14-23(26(30)32)29-25(31)17(2)27-3;/h1,5-12,15,17,23,27H,13-14,16H2,2-3H3,(H,29,31);1H. The fourth-order valence-electron chi connectivity index (χ4n) is 4.09. The number of halogens is 1. The van der Waals surface area contributed by atoms with Crippen molar-refractivity contribution in [2.75, 3.05) is 11.9 Å². The number of nitrogens with zero attached hydrogens (tertiary/aromatic N) is 2. The Labute approximate surface area is 200 Å². The van der Waals surface area contributed by atoms with Gasteiger partial charge in [0.1, 0.15) is 6.04 Å². The Morgan fingerprint density at radius 3 is 2.73 bits per heavy atom. The Hall–Kier alpha value is -3.40. The molecule has 170 valence electrons. The number of amides is 2. The van der Waals surface area contributed by atoms with Crippen LogP contribution in [0.15, 0.2) is 54.7 Å². The molecule has 2 aromatic carbocycles. The van der Waals surface area contributed by atoms with Crippen LogP contribution in [0.1, 0.15) is 30.0 Å². The van der Waals surface area contributed by atoms with Gasteiger partial charge in [0, 0.05) is 22.8 Å². The second-order valence-corrected chi connectivity index (χ2v) is 7.98. The van der Waals surface area contributed by atoms with Gasteiger partial charge in [0.05, 0.1) is 18.1 Å². The third-order valence-electron chi connectivity index (χ3n) is 6.05. The first-order valence-corrected chi connectivity index (χ1v) is 10.7. The number of likely N-dealkylation sites (N-methyl/N-ethyl adjacent to an activating group) is 1. The first-order valence-electron chi connectivity index (χ1n) is 10.7. The second-order valence-electron chi connectivity index (χ2n) is 7.98. The number of anilines is 1. The van der Waals surface area contributed by atoms with E-state index in [1.807, 2.05) is 48.5 Å². The summed E-state index contributed by atoms with van der Waals surface area (Å²) in [6.07, 6.45) is 8.70. The number of hydrogen-bond acceptors (Lipinski definition) is 4. The molecule has 0 radical (unpaired) electrons. The van der Waals surface area contributed by atoms with E-state index < -0.39 is 6.04 Å². The van der Waals surface area contributed by atoms with Crippen LogP contribution in [0.2, 0.25) is 0 Å².